The topological polar surface area (TPSA) is 0 Å². The molecule has 1 rings (SSSR count). The Kier molecular flexibility index (Phi) is 1.93. The molecule has 46 valence electrons. The van der Waals surface area contributed by atoms with Crippen LogP contribution >= 0.6 is 0 Å². The summed E-state index contributed by atoms with van der Waals surface area (Å²) in [6.45, 7) is 6.13. The molecule has 2 radical (unpaired) electrons. The first-order valence-corrected chi connectivity index (χ1v) is 3.47. The summed E-state index contributed by atoms with van der Waals surface area (Å²) in [5, 5.41) is 0. The molecule has 0 spiro atoms. The molecule has 1 fully saturated rings. The molecule has 0 heterocycles. The molecule has 0 aromatic carbocycles. The van der Waals surface area contributed by atoms with Crippen LogP contribution in [0.3, 0.4) is 0 Å². The Morgan fingerprint density at radius 1 is 1.62 bits per heavy atom. The molecule has 8 heavy (non-hydrogen) atoms. The van der Waals surface area contributed by atoms with Gasteiger partial charge in [-0.2, -0.15) is 0 Å². The van der Waals surface area contributed by atoms with Gasteiger partial charge in [-0.25, -0.2) is 0 Å². The van der Waals surface area contributed by atoms with Gasteiger partial charge in [-0.1, -0.05) is 26.2 Å². The van der Waals surface area contributed by atoms with E-state index >= 15 is 0 Å². The van der Waals surface area contributed by atoms with Gasteiger partial charge in [0.05, 0.1) is 0 Å². The first-order chi connectivity index (χ1) is 3.84. The minimum atomic E-state index is 0.628. The highest BCUT2D eigenvalue weighted by atomic mass is 14.3. The van der Waals surface area contributed by atoms with Gasteiger partial charge >= 0.3 is 0 Å². The Labute approximate surface area is 52.3 Å². The minimum Gasteiger partial charge on any atom is -0.0620 e. The van der Waals surface area contributed by atoms with Crippen LogP contribution in [0.1, 0.15) is 26.2 Å². The van der Waals surface area contributed by atoms with Crippen LogP contribution in [-0.4, -0.2) is 0 Å². The molecular weight excluding hydrogens is 96.1 g/mol. The zero-order chi connectivity index (χ0) is 5.98. The highest BCUT2D eigenvalue weighted by Gasteiger charge is 2.22. The monoisotopic (exact) mass is 110 g/mol. The average molecular weight is 110 g/mol. The van der Waals surface area contributed by atoms with Gasteiger partial charge in [0.25, 0.3) is 0 Å². The Hall–Kier alpha value is 0. The quantitative estimate of drug-likeness (QED) is 0.512. The van der Waals surface area contributed by atoms with Crippen molar-refractivity contribution in [3.05, 3.63) is 13.3 Å². The molecule has 1 unspecified atom stereocenters. The van der Waals surface area contributed by atoms with Crippen LogP contribution in [0.15, 0.2) is 0 Å². The lowest BCUT2D eigenvalue weighted by Gasteiger charge is -2.30. The molecule has 1 aliphatic rings. The zero-order valence-electron chi connectivity index (χ0n) is 5.56. The maximum absolute atomic E-state index is 4.02. The Morgan fingerprint density at radius 2 is 2.25 bits per heavy atom. The third-order valence-corrected chi connectivity index (χ3v) is 2.18. The fourth-order valence-electron chi connectivity index (χ4n) is 1.14. The summed E-state index contributed by atoms with van der Waals surface area (Å²) in [6.07, 6.45) is 6.48. The van der Waals surface area contributed by atoms with Crippen LogP contribution < -0.4 is 0 Å². The van der Waals surface area contributed by atoms with Crippen LogP contribution in [0.5, 0.6) is 0 Å². The van der Waals surface area contributed by atoms with Gasteiger partial charge in [-0.05, 0) is 25.2 Å². The van der Waals surface area contributed by atoms with Crippen LogP contribution in [0.25, 0.3) is 0 Å². The van der Waals surface area contributed by atoms with E-state index in [1.54, 1.807) is 0 Å². The predicted molar refractivity (Wildman–Crippen MR) is 36.2 cm³/mol. The lowest BCUT2D eigenvalue weighted by atomic mass is 9.76. The molecular formula is C8H14. The van der Waals surface area contributed by atoms with Crippen molar-refractivity contribution in [2.24, 2.45) is 11.8 Å². The van der Waals surface area contributed by atoms with Crippen LogP contribution in [0.2, 0.25) is 0 Å². The van der Waals surface area contributed by atoms with Crippen molar-refractivity contribution >= 4 is 0 Å². The van der Waals surface area contributed by atoms with E-state index < -0.39 is 0 Å². The van der Waals surface area contributed by atoms with Crippen molar-refractivity contribution in [2.75, 3.05) is 0 Å². The molecule has 0 N–H and O–H groups in total. The summed E-state index contributed by atoms with van der Waals surface area (Å²) in [5.41, 5.74) is 0. The van der Waals surface area contributed by atoms with Gasteiger partial charge in [0.1, 0.15) is 0 Å². The Balaban J connectivity index is 2.13. The van der Waals surface area contributed by atoms with Crippen LogP contribution in [-0.2, 0) is 0 Å². The van der Waals surface area contributed by atoms with Crippen molar-refractivity contribution in [3.63, 3.8) is 0 Å². The second kappa shape index (κ2) is 2.52. The minimum absolute atomic E-state index is 0.628. The standard InChI is InChI=1S/C8H14/c1-3-7(2)8-5-4-6-8/h3,7-8H,2,4-6H2,1H3. The smallest absolute Gasteiger partial charge is 0.0357 e. The molecule has 0 heteroatoms. The third-order valence-electron chi connectivity index (χ3n) is 2.18. The van der Waals surface area contributed by atoms with Crippen molar-refractivity contribution in [1.29, 1.82) is 0 Å². The third kappa shape index (κ3) is 1.04. The van der Waals surface area contributed by atoms with E-state index in [9.17, 15) is 0 Å². The molecule has 1 atom stereocenters. The van der Waals surface area contributed by atoms with Crippen LogP contribution in [0, 0.1) is 25.2 Å². The second-order valence-electron chi connectivity index (χ2n) is 2.69. The lowest BCUT2D eigenvalue weighted by Crippen LogP contribution is -2.19. The predicted octanol–water partition coefficient (Wildman–Crippen LogP) is 2.46. The normalized spacial score (nSPS) is 24.8. The fraction of sp³-hybridized carbons (Fsp3) is 0.750. The summed E-state index contributed by atoms with van der Waals surface area (Å²) in [6, 6.07) is 0. The molecule has 0 aromatic rings. The molecule has 0 bridgehead atoms. The summed E-state index contributed by atoms with van der Waals surface area (Å²) in [5.74, 6) is 1.56. The molecule has 0 aromatic heterocycles. The summed E-state index contributed by atoms with van der Waals surface area (Å²) in [4.78, 5) is 0. The number of hydrogen-bond donors (Lipinski definition) is 0. The lowest BCUT2D eigenvalue weighted by molar-refractivity contribution is 0.261. The van der Waals surface area contributed by atoms with E-state index in [0.717, 1.165) is 5.92 Å². The Morgan fingerprint density at radius 3 is 2.38 bits per heavy atom. The van der Waals surface area contributed by atoms with Gasteiger partial charge in [0, 0.05) is 0 Å². The van der Waals surface area contributed by atoms with Crippen LogP contribution in [0.4, 0.5) is 0 Å². The number of hydrogen-bond acceptors (Lipinski definition) is 0. The first kappa shape index (κ1) is 6.12. The van der Waals surface area contributed by atoms with Gasteiger partial charge in [0.2, 0.25) is 0 Å². The highest BCUT2D eigenvalue weighted by Crippen LogP contribution is 2.33. The number of rotatable bonds is 2. The van der Waals surface area contributed by atoms with Crippen molar-refractivity contribution in [3.8, 4) is 0 Å². The maximum atomic E-state index is 4.02. The molecule has 0 saturated heterocycles. The molecule has 0 nitrogen and oxygen atoms in total. The van der Waals surface area contributed by atoms with E-state index in [0.29, 0.717) is 5.92 Å². The van der Waals surface area contributed by atoms with Gasteiger partial charge in [0.15, 0.2) is 0 Å². The zero-order valence-corrected chi connectivity index (χ0v) is 5.56. The molecule has 1 aliphatic carbocycles. The van der Waals surface area contributed by atoms with Crippen molar-refractivity contribution < 1.29 is 0 Å². The fourth-order valence-corrected chi connectivity index (χ4v) is 1.14. The maximum Gasteiger partial charge on any atom is -0.0357 e. The van der Waals surface area contributed by atoms with E-state index in [2.05, 4.69) is 20.3 Å². The highest BCUT2D eigenvalue weighted by molar-refractivity contribution is 4.85. The first-order valence-electron chi connectivity index (χ1n) is 3.47. The molecule has 1 saturated carbocycles. The molecule has 0 aliphatic heterocycles. The van der Waals surface area contributed by atoms with Crippen molar-refractivity contribution in [1.82, 2.24) is 0 Å². The van der Waals surface area contributed by atoms with E-state index in [-0.39, 0.29) is 0 Å². The van der Waals surface area contributed by atoms with Gasteiger partial charge < -0.3 is 0 Å². The van der Waals surface area contributed by atoms with Crippen molar-refractivity contribution in [2.45, 2.75) is 26.2 Å². The largest absolute Gasteiger partial charge is 0.0620 e. The summed E-state index contributed by atoms with van der Waals surface area (Å²) >= 11 is 0. The van der Waals surface area contributed by atoms with E-state index in [4.69, 9.17) is 0 Å². The summed E-state index contributed by atoms with van der Waals surface area (Å²) < 4.78 is 0. The van der Waals surface area contributed by atoms with Gasteiger partial charge in [-0.15, -0.1) is 0 Å². The van der Waals surface area contributed by atoms with E-state index in [1.165, 1.54) is 19.3 Å². The average Bonchev–Trinajstić information content (AvgIpc) is 1.62. The molecule has 0 amide bonds. The summed E-state index contributed by atoms with van der Waals surface area (Å²) in [7, 11) is 0. The van der Waals surface area contributed by atoms with E-state index in [1.807, 2.05) is 0 Å². The second-order valence-corrected chi connectivity index (χ2v) is 2.69. The van der Waals surface area contributed by atoms with Gasteiger partial charge in [-0.3, -0.25) is 0 Å². The Bertz CT molecular complexity index is 59.7. The SMILES string of the molecule is [CH2]C([CH]C)C1CCC1.